The molecule has 1 saturated carbocycles. The van der Waals surface area contributed by atoms with Crippen molar-refractivity contribution < 1.29 is 18.8 Å². The monoisotopic (exact) mass is 319 g/mol. The summed E-state index contributed by atoms with van der Waals surface area (Å²) in [6.45, 7) is 4.07. The lowest BCUT2D eigenvalue weighted by molar-refractivity contribution is -0.161. The summed E-state index contributed by atoms with van der Waals surface area (Å²) in [6.07, 6.45) is 3.15. The maximum Gasteiger partial charge on any atom is 0.410 e. The van der Waals surface area contributed by atoms with E-state index in [4.69, 9.17) is 9.26 Å². The number of piperidine rings is 2. The second kappa shape index (κ2) is 4.72. The number of rotatable bonds is 1. The molecule has 0 aromatic carbocycles. The van der Waals surface area contributed by atoms with E-state index >= 15 is 0 Å². The first-order chi connectivity index (χ1) is 10.9. The van der Waals surface area contributed by atoms with Crippen molar-refractivity contribution in [3.63, 3.8) is 0 Å². The van der Waals surface area contributed by atoms with Crippen molar-refractivity contribution in [2.75, 3.05) is 13.6 Å². The van der Waals surface area contributed by atoms with E-state index < -0.39 is 5.60 Å². The third kappa shape index (κ3) is 1.91. The van der Waals surface area contributed by atoms with E-state index in [1.165, 1.54) is 0 Å². The van der Waals surface area contributed by atoms with Crippen LogP contribution in [0.5, 0.6) is 0 Å². The van der Waals surface area contributed by atoms with Crippen LogP contribution in [0.4, 0.5) is 4.79 Å². The van der Waals surface area contributed by atoms with Crippen LogP contribution in [0.25, 0.3) is 0 Å². The Kier molecular flexibility index (Phi) is 2.98. The standard InChI is InChI=1S/C16H21N3O4/c1-9-13(10(2)23-17-9)14(20)19-11-4-6-16(7-5-11)12(19)8-18(3)15(21)22-16/h11-12H,4-8H2,1-3H3. The van der Waals surface area contributed by atoms with E-state index in [-0.39, 0.29) is 24.1 Å². The third-order valence-electron chi connectivity index (χ3n) is 5.67. The Labute approximate surface area is 134 Å². The minimum Gasteiger partial charge on any atom is -0.441 e. The quantitative estimate of drug-likeness (QED) is 0.790. The lowest BCUT2D eigenvalue weighted by Crippen LogP contribution is -2.73. The van der Waals surface area contributed by atoms with Gasteiger partial charge >= 0.3 is 6.09 Å². The van der Waals surface area contributed by atoms with Gasteiger partial charge in [-0.25, -0.2) is 4.79 Å². The molecule has 1 aromatic rings. The van der Waals surface area contributed by atoms with Gasteiger partial charge in [-0.05, 0) is 39.5 Å². The van der Waals surface area contributed by atoms with Gasteiger partial charge in [0.15, 0.2) is 0 Å². The molecule has 124 valence electrons. The maximum atomic E-state index is 13.2. The number of amides is 2. The van der Waals surface area contributed by atoms with Gasteiger partial charge < -0.3 is 19.1 Å². The van der Waals surface area contributed by atoms with Crippen LogP contribution in [0.1, 0.15) is 47.5 Å². The molecule has 0 N–H and O–H groups in total. The number of fused-ring (bicyclic) bond motifs is 2. The van der Waals surface area contributed by atoms with Gasteiger partial charge in [-0.3, -0.25) is 4.79 Å². The molecule has 7 heteroatoms. The summed E-state index contributed by atoms with van der Waals surface area (Å²) >= 11 is 0. The molecule has 2 bridgehead atoms. The zero-order valence-corrected chi connectivity index (χ0v) is 13.7. The van der Waals surface area contributed by atoms with Gasteiger partial charge in [0.1, 0.15) is 16.9 Å². The highest BCUT2D eigenvalue weighted by Gasteiger charge is 2.59. The SMILES string of the molecule is Cc1noc(C)c1C(=O)N1C2CCC3(CC2)OC(=O)N(C)CC13. The Morgan fingerprint density at radius 1 is 1.30 bits per heavy atom. The molecule has 23 heavy (non-hydrogen) atoms. The number of carbonyl (C=O) groups is 2. The number of hydrogen-bond acceptors (Lipinski definition) is 5. The maximum absolute atomic E-state index is 13.2. The van der Waals surface area contributed by atoms with Gasteiger partial charge in [0.2, 0.25) is 0 Å². The van der Waals surface area contributed by atoms with Gasteiger partial charge in [-0.15, -0.1) is 0 Å². The highest BCUT2D eigenvalue weighted by molar-refractivity contribution is 5.97. The fraction of sp³-hybridized carbons (Fsp3) is 0.688. The fourth-order valence-corrected chi connectivity index (χ4v) is 4.45. The van der Waals surface area contributed by atoms with Crippen molar-refractivity contribution in [3.8, 4) is 0 Å². The molecule has 5 rings (SSSR count). The minimum atomic E-state index is -0.521. The fourth-order valence-electron chi connectivity index (χ4n) is 4.45. The normalized spacial score (nSPS) is 32.7. The molecule has 3 aliphatic heterocycles. The highest BCUT2D eigenvalue weighted by Crippen LogP contribution is 2.48. The minimum absolute atomic E-state index is 0.0497. The van der Waals surface area contributed by atoms with Crippen LogP contribution in [0.3, 0.4) is 0 Å². The van der Waals surface area contributed by atoms with Crippen LogP contribution in [-0.2, 0) is 4.74 Å². The molecule has 2 amide bonds. The predicted octanol–water partition coefficient (Wildman–Crippen LogP) is 1.88. The molecule has 1 spiro atoms. The summed E-state index contributed by atoms with van der Waals surface area (Å²) in [6, 6.07) is 0.104. The summed E-state index contributed by atoms with van der Waals surface area (Å²) in [4.78, 5) is 28.7. The molecule has 1 aliphatic carbocycles. The van der Waals surface area contributed by atoms with Crippen LogP contribution in [0.15, 0.2) is 4.52 Å². The Morgan fingerprint density at radius 3 is 2.61 bits per heavy atom. The van der Waals surface area contributed by atoms with Gasteiger partial charge in [0.25, 0.3) is 5.91 Å². The predicted molar refractivity (Wildman–Crippen MR) is 80.0 cm³/mol. The summed E-state index contributed by atoms with van der Waals surface area (Å²) in [5.74, 6) is 0.496. The van der Waals surface area contributed by atoms with E-state index in [0.29, 0.717) is 23.6 Å². The van der Waals surface area contributed by atoms with Crippen LogP contribution < -0.4 is 0 Å². The van der Waals surface area contributed by atoms with Crippen molar-refractivity contribution in [1.29, 1.82) is 0 Å². The Hall–Kier alpha value is -2.05. The molecule has 3 saturated heterocycles. The molecular formula is C16H21N3O4. The molecule has 1 atom stereocenters. The molecular weight excluding hydrogens is 298 g/mol. The molecule has 4 heterocycles. The van der Waals surface area contributed by atoms with Gasteiger partial charge in [0.05, 0.1) is 11.7 Å². The number of aryl methyl sites for hydroxylation is 2. The highest BCUT2D eigenvalue weighted by atomic mass is 16.6. The number of hydrogen-bond donors (Lipinski definition) is 0. The first kappa shape index (κ1) is 14.5. The Morgan fingerprint density at radius 2 is 2.00 bits per heavy atom. The molecule has 1 unspecified atom stereocenters. The second-order valence-corrected chi connectivity index (χ2v) is 6.97. The topological polar surface area (TPSA) is 75.9 Å². The van der Waals surface area contributed by atoms with Crippen molar-refractivity contribution in [2.24, 2.45) is 0 Å². The first-order valence-electron chi connectivity index (χ1n) is 8.12. The zero-order chi connectivity index (χ0) is 16.4. The lowest BCUT2D eigenvalue weighted by atomic mass is 9.69. The van der Waals surface area contributed by atoms with E-state index in [1.807, 2.05) is 4.90 Å². The Bertz CT molecular complexity index is 655. The van der Waals surface area contributed by atoms with E-state index in [9.17, 15) is 9.59 Å². The number of ether oxygens (including phenoxy) is 1. The van der Waals surface area contributed by atoms with E-state index in [1.54, 1.807) is 25.8 Å². The number of carbonyl (C=O) groups excluding carboxylic acids is 2. The summed E-state index contributed by atoms with van der Waals surface area (Å²) < 4.78 is 11.0. The van der Waals surface area contributed by atoms with Crippen molar-refractivity contribution in [3.05, 3.63) is 17.0 Å². The van der Waals surface area contributed by atoms with Gasteiger partial charge in [-0.2, -0.15) is 0 Å². The largest absolute Gasteiger partial charge is 0.441 e. The third-order valence-corrected chi connectivity index (χ3v) is 5.67. The van der Waals surface area contributed by atoms with Gasteiger partial charge in [-0.1, -0.05) is 5.16 Å². The van der Waals surface area contributed by atoms with E-state index in [2.05, 4.69) is 5.16 Å². The zero-order valence-electron chi connectivity index (χ0n) is 13.7. The average Bonchev–Trinajstić information content (AvgIpc) is 2.86. The van der Waals surface area contributed by atoms with Crippen LogP contribution >= 0.6 is 0 Å². The summed E-state index contributed by atoms with van der Waals surface area (Å²) in [5.41, 5.74) is 0.642. The molecule has 1 aromatic heterocycles. The van der Waals surface area contributed by atoms with E-state index in [0.717, 1.165) is 25.7 Å². The number of likely N-dealkylation sites (N-methyl/N-ethyl adjacent to an activating group) is 1. The Balaban J connectivity index is 1.73. The molecule has 4 fully saturated rings. The summed E-state index contributed by atoms with van der Waals surface area (Å²) in [7, 11) is 1.72. The smallest absolute Gasteiger partial charge is 0.410 e. The van der Waals surface area contributed by atoms with Gasteiger partial charge in [0, 0.05) is 19.6 Å². The molecule has 7 nitrogen and oxygen atoms in total. The number of aromatic nitrogens is 1. The van der Waals surface area contributed by atoms with Crippen LogP contribution in [-0.4, -0.2) is 58.2 Å². The molecule has 0 radical (unpaired) electrons. The summed E-state index contributed by atoms with van der Waals surface area (Å²) in [5, 5.41) is 3.91. The van der Waals surface area contributed by atoms with Crippen molar-refractivity contribution in [2.45, 2.75) is 57.2 Å². The van der Waals surface area contributed by atoms with Crippen LogP contribution in [0.2, 0.25) is 0 Å². The average molecular weight is 319 g/mol. The van der Waals surface area contributed by atoms with Crippen molar-refractivity contribution in [1.82, 2.24) is 15.0 Å². The lowest BCUT2D eigenvalue weighted by Gasteiger charge is -2.60. The first-order valence-corrected chi connectivity index (χ1v) is 8.12. The van der Waals surface area contributed by atoms with Crippen LogP contribution in [0, 0.1) is 13.8 Å². The number of nitrogens with zero attached hydrogens (tertiary/aromatic N) is 3. The van der Waals surface area contributed by atoms with Crippen molar-refractivity contribution >= 4 is 12.0 Å². The second-order valence-electron chi connectivity index (χ2n) is 6.97. The molecule has 4 aliphatic rings.